The molecule has 1 aliphatic carbocycles. The number of aromatic nitrogens is 1. The number of halogens is 1. The Kier molecular flexibility index (Phi) is 6.54. The number of nitrogens with zero attached hydrogens (tertiary/aromatic N) is 2. The van der Waals surface area contributed by atoms with E-state index in [0.29, 0.717) is 25.0 Å². The van der Waals surface area contributed by atoms with Gasteiger partial charge in [0.05, 0.1) is 23.7 Å². The van der Waals surface area contributed by atoms with Crippen LogP contribution in [0.3, 0.4) is 0 Å². The Bertz CT molecular complexity index is 1330. The number of hydrogen-bond acceptors (Lipinski definition) is 7. The van der Waals surface area contributed by atoms with E-state index in [1.807, 2.05) is 18.7 Å². The van der Waals surface area contributed by atoms with Gasteiger partial charge in [0, 0.05) is 36.8 Å². The highest BCUT2D eigenvalue weighted by atomic mass is 19.1. The first-order valence-electron chi connectivity index (χ1n) is 12.4. The maximum Gasteiger partial charge on any atom is 0.407 e. The van der Waals surface area contributed by atoms with Gasteiger partial charge >= 0.3 is 12.1 Å². The molecule has 4 N–H and O–H groups in total. The first-order chi connectivity index (χ1) is 17.2. The summed E-state index contributed by atoms with van der Waals surface area (Å²) in [6.07, 6.45) is 2.87. The lowest BCUT2D eigenvalue weighted by atomic mass is 9.79. The molecule has 2 fully saturated rings. The van der Waals surface area contributed by atoms with Gasteiger partial charge in [0.15, 0.2) is 11.6 Å². The van der Waals surface area contributed by atoms with E-state index in [9.17, 15) is 19.5 Å². The summed E-state index contributed by atoms with van der Waals surface area (Å²) >= 11 is 0. The highest BCUT2D eigenvalue weighted by Gasteiger charge is 2.41. The van der Waals surface area contributed by atoms with Crippen molar-refractivity contribution in [3.8, 4) is 5.75 Å². The summed E-state index contributed by atoms with van der Waals surface area (Å²) in [6, 6.07) is -0.263. The number of amides is 1. The average molecular weight is 519 g/mol. The molecular formula is C26H35FN4O6. The highest BCUT2D eigenvalue weighted by molar-refractivity contribution is 6.03. The number of carbonyl (C=O) groups is 2. The van der Waals surface area contributed by atoms with Crippen LogP contribution in [0.1, 0.15) is 70.3 Å². The van der Waals surface area contributed by atoms with E-state index in [4.69, 9.17) is 15.2 Å². The zero-order valence-corrected chi connectivity index (χ0v) is 22.1. The molecular weight excluding hydrogens is 483 g/mol. The molecule has 1 saturated heterocycles. The first-order valence-corrected chi connectivity index (χ1v) is 12.4. The number of rotatable bonds is 5. The molecule has 1 amide bonds. The number of alkyl carbamates (subject to hydrolysis) is 1. The van der Waals surface area contributed by atoms with Crippen LogP contribution in [0.15, 0.2) is 11.0 Å². The molecule has 2 heterocycles. The van der Waals surface area contributed by atoms with Crippen molar-refractivity contribution >= 4 is 34.3 Å². The molecule has 4 rings (SSSR count). The number of ether oxygens (including phenoxy) is 2. The number of carbonyl (C=O) groups excluding carboxylic acids is 1. The number of methoxy groups -OCH3 is 1. The normalized spacial score (nSPS) is 19.5. The molecule has 37 heavy (non-hydrogen) atoms. The number of aromatic carboxylic acids is 1. The number of carboxylic acid groups (broad SMARTS) is 1. The van der Waals surface area contributed by atoms with Crippen LogP contribution < -0.4 is 26.1 Å². The Hall–Kier alpha value is -3.50. The van der Waals surface area contributed by atoms with E-state index in [1.165, 1.54) is 13.3 Å². The van der Waals surface area contributed by atoms with Crippen molar-refractivity contribution < 1.29 is 28.6 Å². The topological polar surface area (TPSA) is 136 Å². The minimum Gasteiger partial charge on any atom is -0.492 e. The van der Waals surface area contributed by atoms with Gasteiger partial charge in [0.25, 0.3) is 0 Å². The SMILES string of the molecule is COc1c(N2CCC(NC(=O)OC(C)(C)C)C(C)(C)C2)c(F)c(N)c2c(=O)c(C(=O)O)cn(C3CC3)c12. The molecule has 2 aliphatic rings. The maximum atomic E-state index is 15.9. The molecule has 1 aromatic heterocycles. The molecule has 0 radical (unpaired) electrons. The second kappa shape index (κ2) is 9.11. The lowest BCUT2D eigenvalue weighted by Gasteiger charge is -2.45. The van der Waals surface area contributed by atoms with Gasteiger partial charge in [-0.1, -0.05) is 13.8 Å². The van der Waals surface area contributed by atoms with Crippen LogP contribution in [0.5, 0.6) is 5.75 Å². The van der Waals surface area contributed by atoms with Crippen LogP contribution in [0.4, 0.5) is 20.6 Å². The third kappa shape index (κ3) is 4.91. The van der Waals surface area contributed by atoms with Crippen LogP contribution in [0.25, 0.3) is 10.9 Å². The number of nitrogens with two attached hydrogens (primary N) is 1. The number of nitrogens with one attached hydrogen (secondary N) is 1. The standard InChI is InChI=1S/C26H35FN4O6/c1-25(2,3)37-24(35)29-15-9-10-30(12-26(15,4)5)20-17(27)18(28)16-19(22(20)36-6)31(13-7-8-13)11-14(21(16)32)23(33)34/h11,13,15H,7-10,12,28H2,1-6H3,(H,29,35)(H,33,34). The van der Waals surface area contributed by atoms with Gasteiger partial charge in [-0.3, -0.25) is 4.79 Å². The van der Waals surface area contributed by atoms with Gasteiger partial charge in [0.2, 0.25) is 5.43 Å². The molecule has 202 valence electrons. The Morgan fingerprint density at radius 3 is 2.41 bits per heavy atom. The predicted molar refractivity (Wildman–Crippen MR) is 138 cm³/mol. The number of fused-ring (bicyclic) bond motifs is 1. The number of hydrogen-bond donors (Lipinski definition) is 3. The Labute approximate surface area is 214 Å². The van der Waals surface area contributed by atoms with Gasteiger partial charge < -0.3 is 35.1 Å². The van der Waals surface area contributed by atoms with E-state index in [-0.39, 0.29) is 28.9 Å². The summed E-state index contributed by atoms with van der Waals surface area (Å²) in [5.41, 5.74) is 3.77. The second-order valence-corrected chi connectivity index (χ2v) is 11.5. The second-order valence-electron chi connectivity index (χ2n) is 11.5. The number of benzene rings is 1. The van der Waals surface area contributed by atoms with Crippen molar-refractivity contribution in [3.05, 3.63) is 27.8 Å². The van der Waals surface area contributed by atoms with E-state index >= 15 is 4.39 Å². The summed E-state index contributed by atoms with van der Waals surface area (Å²) in [4.78, 5) is 39.1. The number of nitrogen functional groups attached to an aromatic ring is 1. The van der Waals surface area contributed by atoms with Gasteiger partial charge in [-0.15, -0.1) is 0 Å². The number of pyridine rings is 1. The maximum absolute atomic E-state index is 15.9. The van der Waals surface area contributed by atoms with Crippen LogP contribution >= 0.6 is 0 Å². The van der Waals surface area contributed by atoms with Gasteiger partial charge in [-0.2, -0.15) is 0 Å². The van der Waals surface area contributed by atoms with Crippen LogP contribution in [0, 0.1) is 11.2 Å². The lowest BCUT2D eigenvalue weighted by molar-refractivity contribution is 0.0442. The third-order valence-electron chi connectivity index (χ3n) is 6.99. The van der Waals surface area contributed by atoms with Crippen molar-refractivity contribution in [3.63, 3.8) is 0 Å². The minimum absolute atomic E-state index is 0.0342. The third-order valence-corrected chi connectivity index (χ3v) is 6.99. The van der Waals surface area contributed by atoms with Gasteiger partial charge in [-0.25, -0.2) is 14.0 Å². The smallest absolute Gasteiger partial charge is 0.407 e. The van der Waals surface area contributed by atoms with Crippen LogP contribution in [0.2, 0.25) is 0 Å². The fraction of sp³-hybridized carbons (Fsp3) is 0.577. The van der Waals surface area contributed by atoms with E-state index in [0.717, 1.165) is 12.8 Å². The van der Waals surface area contributed by atoms with Crippen molar-refractivity contribution in [2.24, 2.45) is 5.41 Å². The van der Waals surface area contributed by atoms with Gasteiger partial charge in [0.1, 0.15) is 16.9 Å². The van der Waals surface area contributed by atoms with Gasteiger partial charge in [-0.05, 0) is 40.0 Å². The Morgan fingerprint density at radius 1 is 1.24 bits per heavy atom. The molecule has 1 saturated carbocycles. The van der Waals surface area contributed by atoms with E-state index in [2.05, 4.69) is 5.32 Å². The Morgan fingerprint density at radius 2 is 1.89 bits per heavy atom. The first kappa shape index (κ1) is 26.6. The number of carboxylic acids is 1. The fourth-order valence-corrected chi connectivity index (χ4v) is 5.10. The fourth-order valence-electron chi connectivity index (χ4n) is 5.10. The molecule has 0 bridgehead atoms. The van der Waals surface area contributed by atoms with Crippen LogP contribution in [-0.2, 0) is 4.74 Å². The summed E-state index contributed by atoms with van der Waals surface area (Å²) < 4.78 is 28.7. The number of anilines is 2. The number of piperidine rings is 1. The highest BCUT2D eigenvalue weighted by Crippen LogP contribution is 2.47. The quantitative estimate of drug-likeness (QED) is 0.507. The zero-order chi connectivity index (χ0) is 27.4. The van der Waals surface area contributed by atoms with E-state index < -0.39 is 45.6 Å². The van der Waals surface area contributed by atoms with Crippen molar-refractivity contribution in [2.75, 3.05) is 30.8 Å². The zero-order valence-electron chi connectivity index (χ0n) is 22.1. The summed E-state index contributed by atoms with van der Waals surface area (Å²) in [5, 5.41) is 12.3. The molecule has 11 heteroatoms. The molecule has 1 aromatic carbocycles. The van der Waals surface area contributed by atoms with E-state index in [1.54, 1.807) is 25.3 Å². The van der Waals surface area contributed by atoms with Crippen LogP contribution in [-0.4, -0.2) is 53.6 Å². The van der Waals surface area contributed by atoms with Crippen molar-refractivity contribution in [1.82, 2.24) is 9.88 Å². The lowest BCUT2D eigenvalue weighted by Crippen LogP contribution is -2.56. The molecule has 1 unspecified atom stereocenters. The molecule has 1 atom stereocenters. The molecule has 0 spiro atoms. The Balaban J connectivity index is 1.79. The van der Waals surface area contributed by atoms with Crippen molar-refractivity contribution in [2.45, 2.75) is 71.6 Å². The largest absolute Gasteiger partial charge is 0.492 e. The summed E-state index contributed by atoms with van der Waals surface area (Å²) in [5.74, 6) is -2.09. The predicted octanol–water partition coefficient (Wildman–Crippen LogP) is 3.89. The molecule has 10 nitrogen and oxygen atoms in total. The summed E-state index contributed by atoms with van der Waals surface area (Å²) in [6.45, 7) is 10.0. The molecule has 1 aliphatic heterocycles. The average Bonchev–Trinajstić information content (AvgIpc) is 3.61. The monoisotopic (exact) mass is 518 g/mol. The molecule has 2 aromatic rings. The summed E-state index contributed by atoms with van der Waals surface area (Å²) in [7, 11) is 1.39. The van der Waals surface area contributed by atoms with Crippen molar-refractivity contribution in [1.29, 1.82) is 0 Å². The minimum atomic E-state index is -1.40.